The number of benzene rings is 2. The van der Waals surface area contributed by atoms with Crippen molar-refractivity contribution in [2.24, 2.45) is 0 Å². The van der Waals surface area contributed by atoms with Gasteiger partial charge in [-0.3, -0.25) is 0 Å². The SMILES string of the molecule is COc1ccccc1-c1noc(CSc2ccc3c(c2)OCCO3)n1. The van der Waals surface area contributed by atoms with Gasteiger partial charge in [0, 0.05) is 4.90 Å². The molecule has 7 heteroatoms. The highest BCUT2D eigenvalue weighted by Gasteiger charge is 2.15. The van der Waals surface area contributed by atoms with E-state index in [9.17, 15) is 0 Å². The molecule has 2 heterocycles. The normalized spacial score (nSPS) is 12.8. The second kappa shape index (κ2) is 7.06. The van der Waals surface area contributed by atoms with Crippen LogP contribution < -0.4 is 14.2 Å². The molecule has 0 aliphatic carbocycles. The highest BCUT2D eigenvalue weighted by Crippen LogP contribution is 2.35. The van der Waals surface area contributed by atoms with Crippen molar-refractivity contribution in [2.75, 3.05) is 20.3 Å². The lowest BCUT2D eigenvalue weighted by Gasteiger charge is -2.18. The molecule has 0 N–H and O–H groups in total. The molecule has 128 valence electrons. The number of fused-ring (bicyclic) bond motifs is 1. The molecule has 3 aromatic rings. The van der Waals surface area contributed by atoms with E-state index < -0.39 is 0 Å². The summed E-state index contributed by atoms with van der Waals surface area (Å²) >= 11 is 1.60. The number of nitrogens with zero attached hydrogens (tertiary/aromatic N) is 2. The van der Waals surface area contributed by atoms with Crippen LogP contribution in [0.15, 0.2) is 51.9 Å². The van der Waals surface area contributed by atoms with Crippen LogP contribution in [0.5, 0.6) is 17.2 Å². The first-order valence-corrected chi connectivity index (χ1v) is 8.80. The third-order valence-electron chi connectivity index (χ3n) is 3.69. The Labute approximate surface area is 149 Å². The van der Waals surface area contributed by atoms with E-state index in [4.69, 9.17) is 18.7 Å². The molecule has 0 fully saturated rings. The van der Waals surface area contributed by atoms with Gasteiger partial charge in [-0.15, -0.1) is 11.8 Å². The molecule has 4 rings (SSSR count). The molecular weight excluding hydrogens is 340 g/mol. The van der Waals surface area contributed by atoms with Gasteiger partial charge in [0.05, 0.1) is 18.4 Å². The van der Waals surface area contributed by atoms with Gasteiger partial charge in [-0.05, 0) is 30.3 Å². The lowest BCUT2D eigenvalue weighted by molar-refractivity contribution is 0.171. The predicted molar refractivity (Wildman–Crippen MR) is 93.3 cm³/mol. The zero-order valence-corrected chi connectivity index (χ0v) is 14.4. The first-order chi connectivity index (χ1) is 12.3. The zero-order valence-electron chi connectivity index (χ0n) is 13.6. The average molecular weight is 356 g/mol. The summed E-state index contributed by atoms with van der Waals surface area (Å²) in [5.74, 6) is 3.93. The van der Waals surface area contributed by atoms with Crippen LogP contribution in [0.2, 0.25) is 0 Å². The highest BCUT2D eigenvalue weighted by atomic mass is 32.2. The standard InChI is InChI=1S/C18H16N2O4S/c1-21-14-5-3-2-4-13(14)18-19-17(24-20-18)11-25-12-6-7-15-16(10-12)23-9-8-22-15/h2-7,10H,8-9,11H2,1H3. The average Bonchev–Trinajstić information content (AvgIpc) is 3.15. The van der Waals surface area contributed by atoms with Crippen LogP contribution in [0.25, 0.3) is 11.4 Å². The number of para-hydroxylation sites is 1. The molecule has 25 heavy (non-hydrogen) atoms. The number of hydrogen-bond donors (Lipinski definition) is 0. The van der Waals surface area contributed by atoms with E-state index in [1.165, 1.54) is 0 Å². The van der Waals surface area contributed by atoms with Crippen LogP contribution >= 0.6 is 11.8 Å². The lowest BCUT2D eigenvalue weighted by atomic mass is 10.2. The Bertz CT molecular complexity index is 881. The van der Waals surface area contributed by atoms with Crippen LogP contribution in [0.4, 0.5) is 0 Å². The van der Waals surface area contributed by atoms with E-state index in [1.54, 1.807) is 18.9 Å². The molecular formula is C18H16N2O4S. The number of thioether (sulfide) groups is 1. The van der Waals surface area contributed by atoms with Crippen molar-refractivity contribution < 1.29 is 18.7 Å². The van der Waals surface area contributed by atoms with E-state index in [2.05, 4.69) is 10.1 Å². The quantitative estimate of drug-likeness (QED) is 0.644. The molecule has 2 aromatic carbocycles. The van der Waals surface area contributed by atoms with Crippen LogP contribution in [-0.2, 0) is 5.75 Å². The molecule has 0 saturated heterocycles. The maximum absolute atomic E-state index is 5.60. The fourth-order valence-corrected chi connectivity index (χ4v) is 3.27. The van der Waals surface area contributed by atoms with Crippen molar-refractivity contribution in [2.45, 2.75) is 10.6 Å². The third-order valence-corrected chi connectivity index (χ3v) is 4.67. The third kappa shape index (κ3) is 3.41. The fraction of sp³-hybridized carbons (Fsp3) is 0.222. The molecule has 0 radical (unpaired) electrons. The summed E-state index contributed by atoms with van der Waals surface area (Å²) in [6.45, 7) is 1.17. The van der Waals surface area contributed by atoms with Crippen LogP contribution in [0.3, 0.4) is 0 Å². The number of rotatable bonds is 5. The highest BCUT2D eigenvalue weighted by molar-refractivity contribution is 7.98. The van der Waals surface area contributed by atoms with Crippen molar-refractivity contribution in [3.8, 4) is 28.6 Å². The van der Waals surface area contributed by atoms with Gasteiger partial charge < -0.3 is 18.7 Å². The fourth-order valence-electron chi connectivity index (χ4n) is 2.51. The monoisotopic (exact) mass is 356 g/mol. The minimum atomic E-state index is 0.523. The van der Waals surface area contributed by atoms with E-state index in [0.29, 0.717) is 36.4 Å². The van der Waals surface area contributed by atoms with Gasteiger partial charge in [-0.1, -0.05) is 17.3 Å². The van der Waals surface area contributed by atoms with Crippen molar-refractivity contribution in [1.29, 1.82) is 0 Å². The van der Waals surface area contributed by atoms with E-state index in [1.807, 2.05) is 42.5 Å². The molecule has 1 aromatic heterocycles. The van der Waals surface area contributed by atoms with E-state index >= 15 is 0 Å². The number of aromatic nitrogens is 2. The summed E-state index contributed by atoms with van der Waals surface area (Å²) in [4.78, 5) is 5.51. The minimum absolute atomic E-state index is 0.523. The molecule has 0 spiro atoms. The van der Waals surface area contributed by atoms with Gasteiger partial charge in [-0.25, -0.2) is 0 Å². The summed E-state index contributed by atoms with van der Waals surface area (Å²) in [5, 5.41) is 4.05. The number of hydrogen-bond acceptors (Lipinski definition) is 7. The molecule has 0 amide bonds. The molecule has 0 saturated carbocycles. The van der Waals surface area contributed by atoms with Gasteiger partial charge >= 0.3 is 0 Å². The Morgan fingerprint density at radius 2 is 1.92 bits per heavy atom. The van der Waals surface area contributed by atoms with Crippen molar-refractivity contribution in [1.82, 2.24) is 10.1 Å². The van der Waals surface area contributed by atoms with Gasteiger partial charge in [0.25, 0.3) is 0 Å². The summed E-state index contributed by atoms with van der Waals surface area (Å²) in [6, 6.07) is 13.5. The minimum Gasteiger partial charge on any atom is -0.496 e. The Hall–Kier alpha value is -2.67. The molecule has 0 atom stereocenters. The van der Waals surface area contributed by atoms with Crippen LogP contribution in [0, 0.1) is 0 Å². The molecule has 1 aliphatic rings. The van der Waals surface area contributed by atoms with Gasteiger partial charge in [0.2, 0.25) is 11.7 Å². The van der Waals surface area contributed by atoms with Gasteiger partial charge in [-0.2, -0.15) is 4.98 Å². The zero-order chi connectivity index (χ0) is 17.1. The maximum Gasteiger partial charge on any atom is 0.237 e. The van der Waals surface area contributed by atoms with Gasteiger partial charge in [0.15, 0.2) is 11.5 Å². The van der Waals surface area contributed by atoms with Gasteiger partial charge in [0.1, 0.15) is 19.0 Å². The van der Waals surface area contributed by atoms with E-state index in [0.717, 1.165) is 22.0 Å². The summed E-state index contributed by atoms with van der Waals surface area (Å²) in [5.41, 5.74) is 0.810. The molecule has 1 aliphatic heterocycles. The van der Waals surface area contributed by atoms with Crippen molar-refractivity contribution >= 4 is 11.8 Å². The maximum atomic E-state index is 5.60. The Kier molecular flexibility index (Phi) is 4.47. The topological polar surface area (TPSA) is 66.6 Å². The smallest absolute Gasteiger partial charge is 0.237 e. The summed E-state index contributed by atoms with van der Waals surface area (Å²) in [7, 11) is 1.62. The predicted octanol–water partition coefficient (Wildman–Crippen LogP) is 3.81. The van der Waals surface area contributed by atoms with Crippen molar-refractivity contribution in [3.63, 3.8) is 0 Å². The Balaban J connectivity index is 1.47. The molecule has 0 unspecified atom stereocenters. The second-order valence-electron chi connectivity index (χ2n) is 5.31. The lowest BCUT2D eigenvalue weighted by Crippen LogP contribution is -2.15. The van der Waals surface area contributed by atoms with Crippen LogP contribution in [-0.4, -0.2) is 30.5 Å². The van der Waals surface area contributed by atoms with Crippen molar-refractivity contribution in [3.05, 3.63) is 48.4 Å². The Morgan fingerprint density at radius 1 is 1.08 bits per heavy atom. The number of ether oxygens (including phenoxy) is 3. The second-order valence-corrected chi connectivity index (χ2v) is 6.35. The molecule has 0 bridgehead atoms. The van der Waals surface area contributed by atoms with E-state index in [-0.39, 0.29) is 0 Å². The first-order valence-electron chi connectivity index (χ1n) is 7.82. The molecule has 6 nitrogen and oxygen atoms in total. The van der Waals surface area contributed by atoms with Crippen LogP contribution in [0.1, 0.15) is 5.89 Å². The largest absolute Gasteiger partial charge is 0.496 e. The Morgan fingerprint density at radius 3 is 2.80 bits per heavy atom. The summed E-state index contributed by atoms with van der Waals surface area (Å²) < 4.78 is 21.8. The number of methoxy groups -OCH3 is 1. The first kappa shape index (κ1) is 15.8. The summed E-state index contributed by atoms with van der Waals surface area (Å²) in [6.07, 6.45) is 0.